The maximum Gasteiger partial charge on any atom is 0.341 e. The van der Waals surface area contributed by atoms with Gasteiger partial charge >= 0.3 is 5.97 Å². The molecule has 0 radical (unpaired) electrons. The van der Waals surface area contributed by atoms with Crippen molar-refractivity contribution in [3.05, 3.63) is 17.5 Å². The zero-order chi connectivity index (χ0) is 19.4. The van der Waals surface area contributed by atoms with Crippen LogP contribution >= 0.6 is 0 Å². The van der Waals surface area contributed by atoms with Crippen LogP contribution in [0.15, 0.2) is 6.20 Å². The molecule has 1 aliphatic rings. The molecule has 0 saturated heterocycles. The second-order valence-corrected chi connectivity index (χ2v) is 6.93. The van der Waals surface area contributed by atoms with E-state index >= 15 is 0 Å². The van der Waals surface area contributed by atoms with Crippen molar-refractivity contribution in [3.8, 4) is 0 Å². The fourth-order valence-corrected chi connectivity index (χ4v) is 3.65. The summed E-state index contributed by atoms with van der Waals surface area (Å²) in [7, 11) is 1.80. The van der Waals surface area contributed by atoms with Crippen LogP contribution in [0.25, 0.3) is 11.0 Å². The van der Waals surface area contributed by atoms with Crippen molar-refractivity contribution in [1.82, 2.24) is 20.1 Å². The lowest BCUT2D eigenvalue weighted by Gasteiger charge is -2.23. The van der Waals surface area contributed by atoms with E-state index in [0.717, 1.165) is 36.8 Å². The minimum Gasteiger partial charge on any atom is -0.462 e. The van der Waals surface area contributed by atoms with Gasteiger partial charge in [0.1, 0.15) is 5.56 Å². The van der Waals surface area contributed by atoms with Gasteiger partial charge in [-0.15, -0.1) is 0 Å². The number of carbonyl (C=O) groups excluding carboxylic acids is 2. The van der Waals surface area contributed by atoms with Crippen LogP contribution < -0.4 is 10.6 Å². The van der Waals surface area contributed by atoms with Gasteiger partial charge in [0, 0.05) is 19.3 Å². The summed E-state index contributed by atoms with van der Waals surface area (Å²) in [6.07, 6.45) is 7.09. The molecule has 2 aromatic heterocycles. The number of hydrogen-bond donors (Lipinski definition) is 2. The molecule has 2 aromatic rings. The molecule has 27 heavy (non-hydrogen) atoms. The summed E-state index contributed by atoms with van der Waals surface area (Å²) in [5.74, 6) is -0.548. The molecule has 2 heterocycles. The van der Waals surface area contributed by atoms with E-state index in [4.69, 9.17) is 4.74 Å². The lowest BCUT2D eigenvalue weighted by Crippen LogP contribution is -2.39. The van der Waals surface area contributed by atoms with Crippen LogP contribution in [-0.4, -0.2) is 45.8 Å². The number of ether oxygens (including phenoxy) is 1. The third-order valence-corrected chi connectivity index (χ3v) is 4.92. The number of nitrogens with zero attached hydrogens (tertiary/aromatic N) is 3. The molecule has 8 nitrogen and oxygen atoms in total. The number of carbonyl (C=O) groups is 2. The number of fused-ring (bicyclic) bond motifs is 1. The Bertz CT molecular complexity index is 839. The highest BCUT2D eigenvalue weighted by atomic mass is 16.5. The molecule has 0 aromatic carbocycles. The van der Waals surface area contributed by atoms with Crippen LogP contribution in [0, 0.1) is 6.92 Å². The molecule has 0 atom stereocenters. The minimum absolute atomic E-state index is 0.0797. The fraction of sp³-hybridized carbons (Fsp3) is 0.579. The van der Waals surface area contributed by atoms with Gasteiger partial charge in [0.25, 0.3) is 0 Å². The molecule has 2 N–H and O–H groups in total. The van der Waals surface area contributed by atoms with Crippen LogP contribution in [0.1, 0.15) is 55.1 Å². The number of pyridine rings is 1. The van der Waals surface area contributed by atoms with Gasteiger partial charge in [-0.2, -0.15) is 5.10 Å². The molecule has 0 unspecified atom stereocenters. The Morgan fingerprint density at radius 3 is 2.74 bits per heavy atom. The van der Waals surface area contributed by atoms with Gasteiger partial charge in [0.2, 0.25) is 5.91 Å². The van der Waals surface area contributed by atoms with Crippen LogP contribution in [-0.2, 0) is 16.6 Å². The molecule has 0 aliphatic heterocycles. The Balaban J connectivity index is 1.83. The molecule has 146 valence electrons. The lowest BCUT2D eigenvalue weighted by atomic mass is 9.95. The number of esters is 1. The summed E-state index contributed by atoms with van der Waals surface area (Å²) in [5.41, 5.74) is 2.24. The molecule has 0 bridgehead atoms. The topological polar surface area (TPSA) is 98.1 Å². The molecule has 0 spiro atoms. The Morgan fingerprint density at radius 2 is 2.04 bits per heavy atom. The summed E-state index contributed by atoms with van der Waals surface area (Å²) in [4.78, 5) is 29.1. The smallest absolute Gasteiger partial charge is 0.341 e. The number of nitrogens with one attached hydrogen (secondary N) is 2. The quantitative estimate of drug-likeness (QED) is 0.754. The third kappa shape index (κ3) is 4.20. The highest BCUT2D eigenvalue weighted by Gasteiger charge is 2.22. The van der Waals surface area contributed by atoms with Crippen LogP contribution in [0.4, 0.5) is 5.69 Å². The van der Waals surface area contributed by atoms with E-state index in [0.29, 0.717) is 16.9 Å². The number of rotatable bonds is 6. The predicted molar refractivity (Wildman–Crippen MR) is 103 cm³/mol. The van der Waals surface area contributed by atoms with E-state index in [9.17, 15) is 9.59 Å². The zero-order valence-electron chi connectivity index (χ0n) is 16.2. The van der Waals surface area contributed by atoms with Crippen molar-refractivity contribution in [3.63, 3.8) is 0 Å². The van der Waals surface area contributed by atoms with Gasteiger partial charge < -0.3 is 15.4 Å². The first-order valence-corrected chi connectivity index (χ1v) is 9.54. The van der Waals surface area contributed by atoms with Crippen molar-refractivity contribution >= 4 is 28.6 Å². The van der Waals surface area contributed by atoms with Crippen molar-refractivity contribution in [2.75, 3.05) is 18.5 Å². The summed E-state index contributed by atoms with van der Waals surface area (Å²) >= 11 is 0. The molecular weight excluding hydrogens is 346 g/mol. The van der Waals surface area contributed by atoms with Gasteiger partial charge in [-0.3, -0.25) is 9.48 Å². The van der Waals surface area contributed by atoms with E-state index in [1.54, 1.807) is 18.7 Å². The number of amides is 1. The third-order valence-electron chi connectivity index (χ3n) is 4.92. The lowest BCUT2D eigenvalue weighted by molar-refractivity contribution is -0.120. The largest absolute Gasteiger partial charge is 0.462 e. The molecule has 1 saturated carbocycles. The van der Waals surface area contributed by atoms with Crippen molar-refractivity contribution < 1.29 is 14.3 Å². The van der Waals surface area contributed by atoms with Gasteiger partial charge in [-0.05, 0) is 26.7 Å². The number of hydrogen-bond acceptors (Lipinski definition) is 6. The van der Waals surface area contributed by atoms with E-state index in [2.05, 4.69) is 20.7 Å². The van der Waals surface area contributed by atoms with E-state index in [-0.39, 0.29) is 25.1 Å². The highest BCUT2D eigenvalue weighted by molar-refractivity contribution is 6.05. The maximum absolute atomic E-state index is 12.4. The summed E-state index contributed by atoms with van der Waals surface area (Å²) in [5, 5.41) is 11.3. The first-order chi connectivity index (χ1) is 13.0. The Labute approximate surface area is 158 Å². The fourth-order valence-electron chi connectivity index (χ4n) is 3.65. The van der Waals surface area contributed by atoms with Crippen LogP contribution in [0.2, 0.25) is 0 Å². The van der Waals surface area contributed by atoms with Crippen molar-refractivity contribution in [2.45, 2.75) is 52.0 Å². The highest BCUT2D eigenvalue weighted by Crippen LogP contribution is 2.29. The zero-order valence-corrected chi connectivity index (χ0v) is 16.2. The summed E-state index contributed by atoms with van der Waals surface area (Å²) < 4.78 is 6.81. The maximum atomic E-state index is 12.4. The average Bonchev–Trinajstić information content (AvgIpc) is 2.95. The Hall–Kier alpha value is -2.64. The Kier molecular flexibility index (Phi) is 5.93. The van der Waals surface area contributed by atoms with Crippen LogP contribution in [0.3, 0.4) is 0 Å². The van der Waals surface area contributed by atoms with E-state index < -0.39 is 5.97 Å². The van der Waals surface area contributed by atoms with Crippen molar-refractivity contribution in [1.29, 1.82) is 0 Å². The number of aryl methyl sites for hydroxylation is 2. The van der Waals surface area contributed by atoms with E-state index in [1.165, 1.54) is 12.6 Å². The Morgan fingerprint density at radius 1 is 1.30 bits per heavy atom. The van der Waals surface area contributed by atoms with Crippen molar-refractivity contribution in [2.24, 2.45) is 7.05 Å². The first-order valence-electron chi connectivity index (χ1n) is 9.54. The SMILES string of the molecule is CCOC(=O)c1cnc2c(c(C)nn2C)c1NCC(=O)NC1CCCCC1. The van der Waals surface area contributed by atoms with Crippen LogP contribution in [0.5, 0.6) is 0 Å². The molecular formula is C19H27N5O3. The second-order valence-electron chi connectivity index (χ2n) is 6.93. The number of aromatic nitrogens is 3. The monoisotopic (exact) mass is 373 g/mol. The summed E-state index contributed by atoms with van der Waals surface area (Å²) in [6.45, 7) is 3.96. The summed E-state index contributed by atoms with van der Waals surface area (Å²) in [6, 6.07) is 0.246. The van der Waals surface area contributed by atoms with Gasteiger partial charge in [0.05, 0.1) is 29.9 Å². The van der Waals surface area contributed by atoms with Gasteiger partial charge in [-0.1, -0.05) is 19.3 Å². The first kappa shape index (κ1) is 19.1. The molecule has 1 aliphatic carbocycles. The molecule has 1 amide bonds. The number of anilines is 1. The van der Waals surface area contributed by atoms with Gasteiger partial charge in [0.15, 0.2) is 5.65 Å². The average molecular weight is 373 g/mol. The molecule has 1 fully saturated rings. The molecule has 3 rings (SSSR count). The molecule has 8 heteroatoms. The van der Waals surface area contributed by atoms with Gasteiger partial charge in [-0.25, -0.2) is 9.78 Å². The predicted octanol–water partition coefficient (Wildman–Crippen LogP) is 2.31. The minimum atomic E-state index is -0.467. The van der Waals surface area contributed by atoms with E-state index in [1.807, 2.05) is 6.92 Å². The second kappa shape index (κ2) is 8.37. The standard InChI is InChI=1S/C19H27N5O3/c1-4-27-19(26)14-10-21-18-16(12(2)23-24(18)3)17(14)20-11-15(25)22-13-8-6-5-7-9-13/h10,13H,4-9,11H2,1-3H3,(H,20,21)(H,22,25). The normalized spacial score (nSPS) is 14.9.